The maximum atomic E-state index is 13.0. The van der Waals surface area contributed by atoms with Crippen LogP contribution < -0.4 is 10.1 Å². The Hall–Kier alpha value is -3.58. The molecule has 0 atom stereocenters. The number of carbonyl (C=O) groups excluding carboxylic acids is 1. The lowest BCUT2D eigenvalue weighted by Gasteiger charge is -2.10. The first-order valence-corrected chi connectivity index (χ1v) is 10.2. The number of thiazole rings is 1. The Morgan fingerprint density at radius 2 is 1.67 bits per heavy atom. The lowest BCUT2D eigenvalue weighted by Crippen LogP contribution is -2.14. The van der Waals surface area contributed by atoms with E-state index in [0.29, 0.717) is 16.4 Å². The average Bonchev–Trinajstić information content (AvgIpc) is 3.22. The first-order chi connectivity index (χ1) is 14.5. The second-order valence-corrected chi connectivity index (χ2v) is 7.59. The molecule has 3 heterocycles. The van der Waals surface area contributed by atoms with Crippen LogP contribution in [-0.4, -0.2) is 28.0 Å². The summed E-state index contributed by atoms with van der Waals surface area (Å²) in [4.78, 5) is 26.6. The summed E-state index contributed by atoms with van der Waals surface area (Å²) in [7, 11) is 1.62. The molecule has 0 radical (unpaired) electrons. The number of carbonyl (C=O) groups is 1. The van der Waals surface area contributed by atoms with E-state index in [1.54, 1.807) is 13.2 Å². The number of hydrogen-bond donors (Lipinski definition) is 1. The third kappa shape index (κ3) is 4.21. The number of hydrogen-bond acceptors (Lipinski definition) is 6. The molecule has 3 aromatic heterocycles. The summed E-state index contributed by atoms with van der Waals surface area (Å²) in [5.74, 6) is 0.490. The van der Waals surface area contributed by atoms with Gasteiger partial charge in [0.15, 0.2) is 5.13 Å². The second kappa shape index (κ2) is 8.42. The molecule has 1 N–H and O–H groups in total. The maximum Gasteiger partial charge on any atom is 0.259 e. The molecule has 7 heteroatoms. The number of methoxy groups -OCH3 is 1. The number of nitrogens with one attached hydrogen (secondary N) is 1. The fourth-order valence-corrected chi connectivity index (χ4v) is 3.71. The van der Waals surface area contributed by atoms with Gasteiger partial charge < -0.3 is 4.74 Å². The van der Waals surface area contributed by atoms with Gasteiger partial charge in [0.25, 0.3) is 5.91 Å². The minimum Gasteiger partial charge on any atom is -0.497 e. The molecule has 30 heavy (non-hydrogen) atoms. The summed E-state index contributed by atoms with van der Waals surface area (Å²) in [6.45, 7) is 3.83. The van der Waals surface area contributed by atoms with Crippen LogP contribution in [0.3, 0.4) is 0 Å². The summed E-state index contributed by atoms with van der Waals surface area (Å²) in [5, 5.41) is 5.29. The van der Waals surface area contributed by atoms with Crippen molar-refractivity contribution in [2.45, 2.75) is 13.8 Å². The highest BCUT2D eigenvalue weighted by molar-refractivity contribution is 7.14. The SMILES string of the molecule is COc1ccc(-c2nc(C)ccc2C(=O)Nc2nc(-c3cccc(C)n3)cs2)cc1. The van der Waals surface area contributed by atoms with Gasteiger partial charge in [-0.1, -0.05) is 6.07 Å². The summed E-state index contributed by atoms with van der Waals surface area (Å²) >= 11 is 1.36. The van der Waals surface area contributed by atoms with Crippen molar-refractivity contribution in [1.29, 1.82) is 0 Å². The third-order valence-electron chi connectivity index (χ3n) is 4.52. The first-order valence-electron chi connectivity index (χ1n) is 9.36. The largest absolute Gasteiger partial charge is 0.497 e. The van der Waals surface area contributed by atoms with Gasteiger partial charge in [0, 0.05) is 22.3 Å². The summed E-state index contributed by atoms with van der Waals surface area (Å²) < 4.78 is 5.22. The minimum absolute atomic E-state index is 0.258. The van der Waals surface area contributed by atoms with Crippen molar-refractivity contribution in [2.75, 3.05) is 12.4 Å². The van der Waals surface area contributed by atoms with Gasteiger partial charge in [-0.25, -0.2) is 4.98 Å². The van der Waals surface area contributed by atoms with Crippen LogP contribution in [-0.2, 0) is 0 Å². The molecule has 150 valence electrons. The van der Waals surface area contributed by atoms with Crippen molar-refractivity contribution in [3.8, 4) is 28.4 Å². The fourth-order valence-electron chi connectivity index (χ4n) is 3.01. The van der Waals surface area contributed by atoms with E-state index in [1.165, 1.54) is 11.3 Å². The molecule has 0 aliphatic rings. The van der Waals surface area contributed by atoms with Crippen molar-refractivity contribution in [3.05, 3.63) is 76.9 Å². The number of aromatic nitrogens is 3. The number of ether oxygens (including phenoxy) is 1. The highest BCUT2D eigenvalue weighted by Gasteiger charge is 2.17. The van der Waals surface area contributed by atoms with Gasteiger partial charge >= 0.3 is 0 Å². The van der Waals surface area contributed by atoms with E-state index in [9.17, 15) is 4.79 Å². The molecule has 4 rings (SSSR count). The van der Waals surface area contributed by atoms with Gasteiger partial charge in [-0.15, -0.1) is 11.3 Å². The van der Waals surface area contributed by atoms with E-state index < -0.39 is 0 Å². The summed E-state index contributed by atoms with van der Waals surface area (Å²) in [6, 6.07) is 16.9. The highest BCUT2D eigenvalue weighted by atomic mass is 32.1. The standard InChI is InChI=1S/C23H20N4O2S/c1-14-5-4-6-19(24-14)20-13-30-23(26-20)27-22(28)18-12-7-15(2)25-21(18)16-8-10-17(29-3)11-9-16/h4-13H,1-3H3,(H,26,27,28). The van der Waals surface area contributed by atoms with E-state index >= 15 is 0 Å². The number of anilines is 1. The molecule has 0 spiro atoms. The molecule has 1 amide bonds. The lowest BCUT2D eigenvalue weighted by molar-refractivity contribution is 0.102. The predicted octanol–water partition coefficient (Wildman–Crippen LogP) is 5.14. The molecule has 0 unspecified atom stereocenters. The van der Waals surface area contributed by atoms with Crippen molar-refractivity contribution in [2.24, 2.45) is 0 Å². The minimum atomic E-state index is -0.258. The number of aryl methyl sites for hydroxylation is 2. The van der Waals surface area contributed by atoms with Crippen LogP contribution in [0.2, 0.25) is 0 Å². The quantitative estimate of drug-likeness (QED) is 0.487. The van der Waals surface area contributed by atoms with Gasteiger partial charge in [-0.3, -0.25) is 20.1 Å². The van der Waals surface area contributed by atoms with E-state index in [-0.39, 0.29) is 5.91 Å². The zero-order valence-corrected chi connectivity index (χ0v) is 17.7. The van der Waals surface area contributed by atoms with Crippen molar-refractivity contribution in [1.82, 2.24) is 15.0 Å². The zero-order chi connectivity index (χ0) is 21.1. The Balaban J connectivity index is 1.61. The van der Waals surface area contributed by atoms with Crippen molar-refractivity contribution < 1.29 is 9.53 Å². The van der Waals surface area contributed by atoms with Crippen LogP contribution >= 0.6 is 11.3 Å². The Labute approximate surface area is 178 Å². The molecule has 6 nitrogen and oxygen atoms in total. The van der Waals surface area contributed by atoms with Gasteiger partial charge in [0.2, 0.25) is 0 Å². The zero-order valence-electron chi connectivity index (χ0n) is 16.8. The number of nitrogens with zero attached hydrogens (tertiary/aromatic N) is 3. The van der Waals surface area contributed by atoms with Gasteiger partial charge in [-0.2, -0.15) is 0 Å². The van der Waals surface area contributed by atoms with E-state index in [0.717, 1.165) is 34.1 Å². The molecule has 0 saturated carbocycles. The smallest absolute Gasteiger partial charge is 0.259 e. The second-order valence-electron chi connectivity index (χ2n) is 6.73. The van der Waals surface area contributed by atoms with Gasteiger partial charge in [0.1, 0.15) is 11.4 Å². The van der Waals surface area contributed by atoms with E-state index in [1.807, 2.05) is 67.8 Å². The molecular formula is C23H20N4O2S. The van der Waals surface area contributed by atoms with Gasteiger partial charge in [0.05, 0.1) is 24.1 Å². The monoisotopic (exact) mass is 416 g/mol. The topological polar surface area (TPSA) is 77.0 Å². The summed E-state index contributed by atoms with van der Waals surface area (Å²) in [5.41, 5.74) is 5.20. The van der Waals surface area contributed by atoms with Crippen molar-refractivity contribution in [3.63, 3.8) is 0 Å². The number of amides is 1. The fraction of sp³-hybridized carbons (Fsp3) is 0.130. The average molecular weight is 417 g/mol. The number of benzene rings is 1. The van der Waals surface area contributed by atoms with E-state index in [4.69, 9.17) is 4.74 Å². The van der Waals surface area contributed by atoms with Crippen LogP contribution in [0.25, 0.3) is 22.6 Å². The third-order valence-corrected chi connectivity index (χ3v) is 5.28. The van der Waals surface area contributed by atoms with Crippen molar-refractivity contribution >= 4 is 22.4 Å². The van der Waals surface area contributed by atoms with Crippen LogP contribution in [0.5, 0.6) is 5.75 Å². The molecule has 0 bridgehead atoms. The highest BCUT2D eigenvalue weighted by Crippen LogP contribution is 2.27. The van der Waals surface area contributed by atoms with Crippen LogP contribution in [0.4, 0.5) is 5.13 Å². The number of pyridine rings is 2. The molecule has 0 aliphatic carbocycles. The Bertz CT molecular complexity index is 1200. The maximum absolute atomic E-state index is 13.0. The predicted molar refractivity (Wildman–Crippen MR) is 119 cm³/mol. The Morgan fingerprint density at radius 3 is 2.40 bits per heavy atom. The molecule has 0 aliphatic heterocycles. The summed E-state index contributed by atoms with van der Waals surface area (Å²) in [6.07, 6.45) is 0. The van der Waals surface area contributed by atoms with Crippen LogP contribution in [0.15, 0.2) is 60.0 Å². The lowest BCUT2D eigenvalue weighted by atomic mass is 10.0. The first kappa shape index (κ1) is 19.7. The number of rotatable bonds is 5. The molecule has 1 aromatic carbocycles. The van der Waals surface area contributed by atoms with Crippen LogP contribution in [0, 0.1) is 13.8 Å². The molecule has 4 aromatic rings. The Kier molecular flexibility index (Phi) is 5.54. The molecular weight excluding hydrogens is 396 g/mol. The molecule has 0 fully saturated rings. The van der Waals surface area contributed by atoms with E-state index in [2.05, 4.69) is 20.3 Å². The molecule has 0 saturated heterocycles. The normalized spacial score (nSPS) is 10.6. The Morgan fingerprint density at radius 1 is 0.900 bits per heavy atom. The van der Waals surface area contributed by atoms with Gasteiger partial charge in [-0.05, 0) is 62.4 Å². The van der Waals surface area contributed by atoms with Crippen LogP contribution in [0.1, 0.15) is 21.7 Å².